The van der Waals surface area contributed by atoms with Crippen molar-refractivity contribution in [2.24, 2.45) is 0 Å². The molecule has 128 valence electrons. The molecule has 0 atom stereocenters. The Morgan fingerprint density at radius 1 is 0.583 bits per heavy atom. The fraction of sp³-hybridized carbons (Fsp3) is 0.200. The summed E-state index contributed by atoms with van der Waals surface area (Å²) in [4.78, 5) is 0. The van der Waals surface area contributed by atoms with Crippen LogP contribution in [0.2, 0.25) is 0 Å². The molecular weight excluding hydrogens is 304 g/mol. The van der Waals surface area contributed by atoms with Crippen LogP contribution in [0.3, 0.4) is 0 Å². The van der Waals surface area contributed by atoms with Crippen LogP contribution in [0.1, 0.15) is 11.1 Å². The molecule has 0 radical (unpaired) electrons. The summed E-state index contributed by atoms with van der Waals surface area (Å²) in [6, 6.07) is 11.3. The average molecular weight is 328 g/mol. The smallest absolute Gasteiger partial charge is 0.161 e. The maximum Gasteiger partial charge on any atom is 0.161 e. The van der Waals surface area contributed by atoms with Gasteiger partial charge in [-0.2, -0.15) is 0 Å². The van der Waals surface area contributed by atoms with E-state index in [2.05, 4.69) is 13.2 Å². The van der Waals surface area contributed by atoms with Crippen LogP contribution in [0.25, 0.3) is 12.2 Å². The van der Waals surface area contributed by atoms with Crippen LogP contribution in [0, 0.1) is 0 Å². The molecule has 0 aliphatic carbocycles. The van der Waals surface area contributed by atoms with Crippen molar-refractivity contribution in [3.8, 4) is 23.0 Å². The zero-order valence-corrected chi connectivity index (χ0v) is 14.7. The molecule has 0 saturated carbocycles. The number of rotatable bonds is 6. The van der Waals surface area contributed by atoms with Gasteiger partial charge in [0.25, 0.3) is 0 Å². The van der Waals surface area contributed by atoms with Gasteiger partial charge in [0, 0.05) is 0 Å². The molecule has 24 heavy (non-hydrogen) atoms. The zero-order chi connectivity index (χ0) is 17.9. The van der Waals surface area contributed by atoms with Crippen LogP contribution in [0.15, 0.2) is 49.6 Å². The topological polar surface area (TPSA) is 36.9 Å². The molecule has 0 N–H and O–H groups in total. The van der Waals surface area contributed by atoms with E-state index in [9.17, 15) is 0 Å². The van der Waals surface area contributed by atoms with Crippen molar-refractivity contribution in [2.75, 3.05) is 28.4 Å². The normalized spacial score (nSPS) is 9.17. The molecule has 2 aromatic carbocycles. The third kappa shape index (κ3) is 5.09. The molecular formula is C20H24O4. The van der Waals surface area contributed by atoms with Gasteiger partial charge in [0.1, 0.15) is 0 Å². The number of hydrogen-bond donors (Lipinski definition) is 0. The van der Waals surface area contributed by atoms with E-state index in [1.807, 2.05) is 36.4 Å². The number of ether oxygens (including phenoxy) is 4. The van der Waals surface area contributed by atoms with Crippen molar-refractivity contribution in [2.45, 2.75) is 0 Å². The monoisotopic (exact) mass is 328 g/mol. The predicted molar refractivity (Wildman–Crippen MR) is 99.3 cm³/mol. The van der Waals surface area contributed by atoms with Gasteiger partial charge < -0.3 is 18.9 Å². The Bertz CT molecular complexity index is 618. The van der Waals surface area contributed by atoms with Gasteiger partial charge in [-0.25, -0.2) is 0 Å². The first-order chi connectivity index (χ1) is 11.6. The first-order valence-electron chi connectivity index (χ1n) is 7.32. The molecule has 0 unspecified atom stereocenters. The van der Waals surface area contributed by atoms with Crippen molar-refractivity contribution in [3.05, 3.63) is 60.7 Å². The van der Waals surface area contributed by atoms with E-state index in [1.165, 1.54) is 0 Å². The molecule has 0 amide bonds. The molecule has 0 aliphatic rings. The Morgan fingerprint density at radius 3 is 1.17 bits per heavy atom. The molecule has 4 heteroatoms. The number of methoxy groups -OCH3 is 4. The molecule has 2 aromatic rings. The third-order valence-corrected chi connectivity index (χ3v) is 3.29. The summed E-state index contributed by atoms with van der Waals surface area (Å²) in [7, 11) is 6.46. The summed E-state index contributed by atoms with van der Waals surface area (Å²) in [5, 5.41) is 0. The Hall–Kier alpha value is -2.88. The van der Waals surface area contributed by atoms with Gasteiger partial charge in [0.05, 0.1) is 28.4 Å². The molecule has 2 rings (SSSR count). The minimum atomic E-state index is 0.731. The maximum absolute atomic E-state index is 5.11. The second kappa shape index (κ2) is 10.0. The van der Waals surface area contributed by atoms with Crippen LogP contribution in [0.5, 0.6) is 23.0 Å². The van der Waals surface area contributed by atoms with Gasteiger partial charge in [0.2, 0.25) is 0 Å². The fourth-order valence-corrected chi connectivity index (χ4v) is 1.96. The van der Waals surface area contributed by atoms with E-state index < -0.39 is 0 Å². The largest absolute Gasteiger partial charge is 0.493 e. The highest BCUT2D eigenvalue weighted by Gasteiger charge is 2.02. The summed E-state index contributed by atoms with van der Waals surface area (Å²) < 4.78 is 20.4. The molecule has 4 nitrogen and oxygen atoms in total. The minimum absolute atomic E-state index is 0.731. The highest BCUT2D eigenvalue weighted by Crippen LogP contribution is 2.28. The Balaban J connectivity index is 0.000000240. The summed E-state index contributed by atoms with van der Waals surface area (Å²) in [5.41, 5.74) is 2.04. The zero-order valence-electron chi connectivity index (χ0n) is 14.7. The van der Waals surface area contributed by atoms with Gasteiger partial charge in [0.15, 0.2) is 23.0 Å². The maximum atomic E-state index is 5.11. The molecule has 0 aliphatic heterocycles. The predicted octanol–water partition coefficient (Wildman–Crippen LogP) is 4.69. The molecule has 0 saturated heterocycles. The number of benzene rings is 2. The van der Waals surface area contributed by atoms with Gasteiger partial charge in [-0.05, 0) is 35.4 Å². The summed E-state index contributed by atoms with van der Waals surface area (Å²) in [6.07, 6.45) is 3.53. The second-order valence-electron chi connectivity index (χ2n) is 4.64. The van der Waals surface area contributed by atoms with Crippen LogP contribution in [-0.2, 0) is 0 Å². The standard InChI is InChI=1S/2C10H12O2/c2*1-4-8-5-6-9(11-2)10(7-8)12-3/h2*4-7H,1H2,2-3H3. The SMILES string of the molecule is C=Cc1ccc(OC)c(OC)c1.C=Cc1ccc(OC)c(OC)c1. The number of hydrogen-bond acceptors (Lipinski definition) is 4. The van der Waals surface area contributed by atoms with Crippen LogP contribution in [-0.4, -0.2) is 28.4 Å². The van der Waals surface area contributed by atoms with Crippen LogP contribution < -0.4 is 18.9 Å². The molecule has 0 bridgehead atoms. The van der Waals surface area contributed by atoms with Gasteiger partial charge in [-0.1, -0.05) is 37.4 Å². The van der Waals surface area contributed by atoms with Gasteiger partial charge in [-0.15, -0.1) is 0 Å². The summed E-state index contributed by atoms with van der Waals surface area (Å²) in [6.45, 7) is 7.33. The molecule has 0 aromatic heterocycles. The van der Waals surface area contributed by atoms with E-state index in [0.29, 0.717) is 0 Å². The quantitative estimate of drug-likeness (QED) is 0.770. The third-order valence-electron chi connectivity index (χ3n) is 3.29. The lowest BCUT2D eigenvalue weighted by Gasteiger charge is -2.07. The lowest BCUT2D eigenvalue weighted by molar-refractivity contribution is 0.355. The van der Waals surface area contributed by atoms with E-state index >= 15 is 0 Å². The van der Waals surface area contributed by atoms with E-state index in [1.54, 1.807) is 40.6 Å². The van der Waals surface area contributed by atoms with Crippen molar-refractivity contribution < 1.29 is 18.9 Å². The Kier molecular flexibility index (Phi) is 7.99. The lowest BCUT2D eigenvalue weighted by atomic mass is 10.2. The highest BCUT2D eigenvalue weighted by molar-refractivity contribution is 5.55. The minimum Gasteiger partial charge on any atom is -0.493 e. The highest BCUT2D eigenvalue weighted by atomic mass is 16.5. The first kappa shape index (κ1) is 19.2. The van der Waals surface area contributed by atoms with E-state index in [-0.39, 0.29) is 0 Å². The fourth-order valence-electron chi connectivity index (χ4n) is 1.96. The Morgan fingerprint density at radius 2 is 0.917 bits per heavy atom. The summed E-state index contributed by atoms with van der Waals surface area (Å²) in [5.74, 6) is 2.94. The van der Waals surface area contributed by atoms with Crippen molar-refractivity contribution in [1.29, 1.82) is 0 Å². The van der Waals surface area contributed by atoms with Crippen molar-refractivity contribution >= 4 is 12.2 Å². The van der Waals surface area contributed by atoms with E-state index in [4.69, 9.17) is 18.9 Å². The second-order valence-corrected chi connectivity index (χ2v) is 4.64. The van der Waals surface area contributed by atoms with Gasteiger partial charge >= 0.3 is 0 Å². The van der Waals surface area contributed by atoms with Crippen molar-refractivity contribution in [3.63, 3.8) is 0 Å². The Labute approximate surface area is 143 Å². The summed E-state index contributed by atoms with van der Waals surface area (Å²) >= 11 is 0. The molecule has 0 heterocycles. The van der Waals surface area contributed by atoms with Crippen LogP contribution in [0.4, 0.5) is 0 Å². The molecule has 0 fully saturated rings. The lowest BCUT2D eigenvalue weighted by Crippen LogP contribution is -1.90. The van der Waals surface area contributed by atoms with Crippen molar-refractivity contribution in [1.82, 2.24) is 0 Å². The van der Waals surface area contributed by atoms with Crippen LogP contribution >= 0.6 is 0 Å². The first-order valence-corrected chi connectivity index (χ1v) is 7.32. The average Bonchev–Trinajstić information content (AvgIpc) is 2.67. The van der Waals surface area contributed by atoms with Gasteiger partial charge in [-0.3, -0.25) is 0 Å². The molecule has 0 spiro atoms. The van der Waals surface area contributed by atoms with E-state index in [0.717, 1.165) is 34.1 Å².